The Balaban J connectivity index is 2.29. The summed E-state index contributed by atoms with van der Waals surface area (Å²) in [5.74, 6) is 0. The van der Waals surface area contributed by atoms with Crippen molar-refractivity contribution in [1.29, 1.82) is 0 Å². The molecule has 13 heavy (non-hydrogen) atoms. The number of rotatable bonds is 2. The van der Waals surface area contributed by atoms with Crippen LogP contribution in [0.4, 0.5) is 0 Å². The maximum atomic E-state index is 11.1. The third-order valence-corrected chi connectivity index (χ3v) is 1.85. The predicted octanol–water partition coefficient (Wildman–Crippen LogP) is -0.647. The van der Waals surface area contributed by atoms with Gasteiger partial charge in [-0.05, 0) is 6.07 Å². The van der Waals surface area contributed by atoms with Gasteiger partial charge < -0.3 is 0 Å². The van der Waals surface area contributed by atoms with Crippen molar-refractivity contribution in [3.05, 3.63) is 34.8 Å². The van der Waals surface area contributed by atoms with Gasteiger partial charge in [-0.2, -0.15) is 10.2 Å². The van der Waals surface area contributed by atoms with E-state index >= 15 is 0 Å². The van der Waals surface area contributed by atoms with Crippen LogP contribution in [0.1, 0.15) is 5.69 Å². The number of hydrogen-bond acceptors (Lipinski definition) is 3. The molecule has 0 radical (unpaired) electrons. The third-order valence-electron chi connectivity index (χ3n) is 1.85. The topological polar surface area (TPSA) is 68.5 Å². The second-order valence-electron chi connectivity index (χ2n) is 2.70. The van der Waals surface area contributed by atoms with Gasteiger partial charge in [-0.3, -0.25) is 9.67 Å². The van der Waals surface area contributed by atoms with Crippen LogP contribution in [0.25, 0.3) is 0 Å². The quantitative estimate of drug-likeness (QED) is 0.666. The number of aromatic amines is 1. The first-order valence-corrected chi connectivity index (χ1v) is 3.85. The van der Waals surface area contributed by atoms with E-state index in [2.05, 4.69) is 15.2 Å². The molecule has 0 unspecified atom stereocenters. The molecule has 0 aliphatic heterocycles. The zero-order valence-corrected chi connectivity index (χ0v) is 7.14. The summed E-state index contributed by atoms with van der Waals surface area (Å²) in [6, 6.07) is 1.85. The van der Waals surface area contributed by atoms with Gasteiger partial charge in [0.05, 0.1) is 12.2 Å². The summed E-state index contributed by atoms with van der Waals surface area (Å²) in [5.41, 5.74) is 0.732. The number of aromatic nitrogens is 5. The van der Waals surface area contributed by atoms with Crippen LogP contribution in [0, 0.1) is 0 Å². The molecule has 2 rings (SSSR count). The van der Waals surface area contributed by atoms with Gasteiger partial charge in [0.2, 0.25) is 0 Å². The number of aryl methyl sites for hydroxylation is 1. The molecule has 0 saturated heterocycles. The zero-order valence-electron chi connectivity index (χ0n) is 7.14. The second kappa shape index (κ2) is 2.89. The molecular formula is C7H9N5O. The van der Waals surface area contributed by atoms with Gasteiger partial charge in [-0.1, -0.05) is 0 Å². The Morgan fingerprint density at radius 3 is 2.92 bits per heavy atom. The van der Waals surface area contributed by atoms with Crippen molar-refractivity contribution in [2.24, 2.45) is 7.05 Å². The Bertz CT molecular complexity index is 451. The number of nitrogens with one attached hydrogen (secondary N) is 1. The Morgan fingerprint density at radius 1 is 1.54 bits per heavy atom. The largest absolute Gasteiger partial charge is 0.343 e. The number of H-pyrrole nitrogens is 1. The van der Waals surface area contributed by atoms with Gasteiger partial charge in [-0.25, -0.2) is 9.48 Å². The van der Waals surface area contributed by atoms with E-state index in [0.717, 1.165) is 5.69 Å². The van der Waals surface area contributed by atoms with Gasteiger partial charge >= 0.3 is 5.69 Å². The molecular weight excluding hydrogens is 170 g/mol. The third kappa shape index (κ3) is 1.37. The van der Waals surface area contributed by atoms with Crippen molar-refractivity contribution >= 4 is 0 Å². The van der Waals surface area contributed by atoms with Gasteiger partial charge in [0.25, 0.3) is 0 Å². The fourth-order valence-electron chi connectivity index (χ4n) is 1.10. The molecule has 0 aliphatic rings. The van der Waals surface area contributed by atoms with E-state index in [-0.39, 0.29) is 5.69 Å². The van der Waals surface area contributed by atoms with Crippen molar-refractivity contribution in [3.63, 3.8) is 0 Å². The van der Waals surface area contributed by atoms with Crippen molar-refractivity contribution in [2.45, 2.75) is 6.54 Å². The monoisotopic (exact) mass is 179 g/mol. The molecule has 0 fully saturated rings. The summed E-state index contributed by atoms with van der Waals surface area (Å²) in [6.07, 6.45) is 3.06. The molecule has 0 spiro atoms. The fourth-order valence-corrected chi connectivity index (χ4v) is 1.10. The Hall–Kier alpha value is -1.85. The standard InChI is InChI=1S/C7H9N5O/c1-11-6(2-3-9-11)4-12-7(13)8-5-10-12/h2-3,5H,4H2,1H3,(H,8,10,13). The summed E-state index contributed by atoms with van der Waals surface area (Å²) >= 11 is 0. The first-order valence-electron chi connectivity index (χ1n) is 3.85. The van der Waals surface area contributed by atoms with Crippen LogP contribution in [-0.4, -0.2) is 24.5 Å². The highest BCUT2D eigenvalue weighted by Crippen LogP contribution is 1.96. The Kier molecular flexibility index (Phi) is 1.73. The minimum absolute atomic E-state index is 0.207. The molecule has 6 heteroatoms. The van der Waals surface area contributed by atoms with Crippen LogP contribution >= 0.6 is 0 Å². The van der Waals surface area contributed by atoms with Crippen molar-refractivity contribution in [2.75, 3.05) is 0 Å². The molecule has 2 aromatic heterocycles. The van der Waals surface area contributed by atoms with E-state index in [1.165, 1.54) is 11.0 Å². The van der Waals surface area contributed by atoms with E-state index in [1.807, 2.05) is 13.1 Å². The van der Waals surface area contributed by atoms with Crippen molar-refractivity contribution in [3.8, 4) is 0 Å². The van der Waals surface area contributed by atoms with Crippen LogP contribution in [0.15, 0.2) is 23.4 Å². The summed E-state index contributed by atoms with van der Waals surface area (Å²) in [4.78, 5) is 13.5. The molecule has 0 aromatic carbocycles. The van der Waals surface area contributed by atoms with Crippen molar-refractivity contribution in [1.82, 2.24) is 24.5 Å². The molecule has 6 nitrogen and oxygen atoms in total. The normalized spacial score (nSPS) is 10.5. The minimum Gasteiger partial charge on any atom is -0.295 e. The van der Waals surface area contributed by atoms with Gasteiger partial charge in [-0.15, -0.1) is 0 Å². The average molecular weight is 179 g/mol. The van der Waals surface area contributed by atoms with Gasteiger partial charge in [0.15, 0.2) is 0 Å². The smallest absolute Gasteiger partial charge is 0.295 e. The molecule has 1 N–H and O–H groups in total. The van der Waals surface area contributed by atoms with Crippen molar-refractivity contribution < 1.29 is 0 Å². The van der Waals surface area contributed by atoms with Crippen LogP contribution in [-0.2, 0) is 13.6 Å². The van der Waals surface area contributed by atoms with Gasteiger partial charge in [0, 0.05) is 13.2 Å². The molecule has 0 atom stereocenters. The first-order chi connectivity index (χ1) is 6.27. The maximum absolute atomic E-state index is 11.1. The fraction of sp³-hybridized carbons (Fsp3) is 0.286. The van der Waals surface area contributed by atoms with Gasteiger partial charge in [0.1, 0.15) is 6.33 Å². The summed E-state index contributed by atoms with van der Waals surface area (Å²) in [5, 5.41) is 7.83. The minimum atomic E-state index is -0.207. The lowest BCUT2D eigenvalue weighted by molar-refractivity contribution is 0.603. The maximum Gasteiger partial charge on any atom is 0.343 e. The molecule has 0 bridgehead atoms. The Morgan fingerprint density at radius 2 is 2.38 bits per heavy atom. The highest BCUT2D eigenvalue weighted by molar-refractivity contribution is 4.99. The second-order valence-corrected chi connectivity index (χ2v) is 2.70. The number of nitrogens with zero attached hydrogens (tertiary/aromatic N) is 4. The molecule has 0 amide bonds. The Labute approximate surface area is 73.8 Å². The molecule has 2 heterocycles. The summed E-state index contributed by atoms with van der Waals surface area (Å²) in [6.45, 7) is 0.443. The van der Waals surface area contributed by atoms with E-state index in [9.17, 15) is 4.79 Å². The van der Waals surface area contributed by atoms with Crippen LogP contribution in [0.5, 0.6) is 0 Å². The van der Waals surface area contributed by atoms with Crippen LogP contribution in [0.3, 0.4) is 0 Å². The molecule has 0 saturated carbocycles. The lowest BCUT2D eigenvalue weighted by Crippen LogP contribution is -2.20. The molecule has 68 valence electrons. The summed E-state index contributed by atoms with van der Waals surface area (Å²) < 4.78 is 3.05. The van der Waals surface area contributed by atoms with Crippen LogP contribution in [0.2, 0.25) is 0 Å². The zero-order chi connectivity index (χ0) is 9.26. The predicted molar refractivity (Wildman–Crippen MR) is 45.2 cm³/mol. The SMILES string of the molecule is Cn1nccc1Cn1nc[nH]c1=O. The van der Waals surface area contributed by atoms with Crippen LogP contribution < -0.4 is 5.69 Å². The first kappa shape index (κ1) is 7.78. The van der Waals surface area contributed by atoms with E-state index in [4.69, 9.17) is 0 Å². The highest BCUT2D eigenvalue weighted by atomic mass is 16.1. The molecule has 0 aliphatic carbocycles. The average Bonchev–Trinajstić information content (AvgIpc) is 2.65. The summed E-state index contributed by atoms with van der Waals surface area (Å²) in [7, 11) is 1.83. The molecule has 2 aromatic rings. The lowest BCUT2D eigenvalue weighted by atomic mass is 10.4. The van der Waals surface area contributed by atoms with E-state index < -0.39 is 0 Å². The highest BCUT2D eigenvalue weighted by Gasteiger charge is 2.02. The van der Waals surface area contributed by atoms with E-state index in [1.54, 1.807) is 10.9 Å². The lowest BCUT2D eigenvalue weighted by Gasteiger charge is -1.99. The van der Waals surface area contributed by atoms with E-state index in [0.29, 0.717) is 6.54 Å². The number of hydrogen-bond donors (Lipinski definition) is 1.